The number of rotatable bonds is 5. The second-order valence-corrected chi connectivity index (χ2v) is 4.64. The minimum absolute atomic E-state index is 0.370. The number of carboxylic acids is 1. The third kappa shape index (κ3) is 3.27. The lowest BCUT2D eigenvalue weighted by molar-refractivity contribution is -0.138. The Balaban J connectivity index is 2.82. The molecule has 1 rings (SSSR count). The summed E-state index contributed by atoms with van der Waals surface area (Å²) in [4.78, 5) is 12.1. The van der Waals surface area contributed by atoms with Gasteiger partial charge in [0.05, 0.1) is 5.92 Å². The first-order valence-electron chi connectivity index (χ1n) is 5.14. The topological polar surface area (TPSA) is 37.3 Å². The van der Waals surface area contributed by atoms with E-state index < -0.39 is 5.97 Å². The third-order valence-corrected chi connectivity index (χ3v) is 3.19. The molecule has 0 saturated heterocycles. The first-order valence-corrected chi connectivity index (χ1v) is 6.13. The predicted octanol–water partition coefficient (Wildman–Crippen LogP) is 3.38. The highest BCUT2D eigenvalue weighted by Crippen LogP contribution is 2.23. The number of hydrogen-bond donors (Lipinski definition) is 1. The fourth-order valence-corrected chi connectivity index (χ4v) is 2.18. The Kier molecular flexibility index (Phi) is 4.69. The number of carbonyl (C=O) groups is 1. The first kappa shape index (κ1) is 12.1. The average molecular weight is 224 g/mol. The van der Waals surface area contributed by atoms with Crippen LogP contribution in [0.15, 0.2) is 29.2 Å². The van der Waals surface area contributed by atoms with E-state index in [9.17, 15) is 4.79 Å². The fourth-order valence-electron chi connectivity index (χ4n) is 1.52. The normalized spacial score (nSPS) is 12.4. The van der Waals surface area contributed by atoms with Crippen molar-refractivity contribution in [2.45, 2.75) is 31.1 Å². The molecule has 0 radical (unpaired) electrons. The quantitative estimate of drug-likeness (QED) is 0.779. The van der Waals surface area contributed by atoms with E-state index in [4.69, 9.17) is 5.11 Å². The van der Waals surface area contributed by atoms with Gasteiger partial charge in [0.1, 0.15) is 0 Å². The zero-order valence-corrected chi connectivity index (χ0v) is 9.88. The summed E-state index contributed by atoms with van der Waals surface area (Å²) in [6.07, 6.45) is 0.635. The molecule has 0 fully saturated rings. The number of hydrogen-bond acceptors (Lipinski definition) is 2. The van der Waals surface area contributed by atoms with Crippen LogP contribution in [0.3, 0.4) is 0 Å². The van der Waals surface area contributed by atoms with Crippen LogP contribution >= 0.6 is 11.8 Å². The Bertz CT molecular complexity index is 319. The van der Waals surface area contributed by atoms with E-state index in [0.717, 1.165) is 11.3 Å². The molecule has 0 aliphatic carbocycles. The van der Waals surface area contributed by atoms with Crippen LogP contribution in [0.4, 0.5) is 0 Å². The summed E-state index contributed by atoms with van der Waals surface area (Å²) < 4.78 is 0. The molecule has 0 aromatic heterocycles. The molecule has 1 aromatic rings. The van der Waals surface area contributed by atoms with Gasteiger partial charge in [-0.2, -0.15) is 0 Å². The maximum atomic E-state index is 10.9. The summed E-state index contributed by atoms with van der Waals surface area (Å²) in [7, 11) is 0. The van der Waals surface area contributed by atoms with Gasteiger partial charge < -0.3 is 5.11 Å². The lowest BCUT2D eigenvalue weighted by atomic mass is 9.97. The smallest absolute Gasteiger partial charge is 0.310 e. The van der Waals surface area contributed by atoms with Gasteiger partial charge in [0.15, 0.2) is 0 Å². The molecule has 2 nitrogen and oxygen atoms in total. The lowest BCUT2D eigenvalue weighted by Crippen LogP contribution is -2.10. The molecule has 0 spiro atoms. The molecular formula is C12H16O2S. The van der Waals surface area contributed by atoms with Crippen LogP contribution in [0, 0.1) is 0 Å². The third-order valence-electron chi connectivity index (χ3n) is 2.30. The van der Waals surface area contributed by atoms with Gasteiger partial charge in [0.25, 0.3) is 0 Å². The summed E-state index contributed by atoms with van der Waals surface area (Å²) in [5, 5.41) is 8.99. The zero-order chi connectivity index (χ0) is 11.3. The molecule has 0 bridgehead atoms. The maximum absolute atomic E-state index is 10.9. The molecule has 82 valence electrons. The van der Waals surface area contributed by atoms with E-state index in [0.29, 0.717) is 6.42 Å². The lowest BCUT2D eigenvalue weighted by Gasteiger charge is -2.10. The number of aliphatic carboxylic acids is 1. The first-order chi connectivity index (χ1) is 7.19. The summed E-state index contributed by atoms with van der Waals surface area (Å²) in [5.74, 6) is -0.0748. The van der Waals surface area contributed by atoms with Crippen molar-refractivity contribution in [2.24, 2.45) is 0 Å². The van der Waals surface area contributed by atoms with Crippen molar-refractivity contribution >= 4 is 17.7 Å². The van der Waals surface area contributed by atoms with Gasteiger partial charge >= 0.3 is 5.97 Å². The van der Waals surface area contributed by atoms with E-state index in [1.54, 1.807) is 11.8 Å². The van der Waals surface area contributed by atoms with Gasteiger partial charge in [0.2, 0.25) is 0 Å². The average Bonchev–Trinajstić information content (AvgIpc) is 2.21. The monoisotopic (exact) mass is 224 g/mol. The van der Waals surface area contributed by atoms with Crippen LogP contribution in [0.1, 0.15) is 31.7 Å². The van der Waals surface area contributed by atoms with Gasteiger partial charge in [-0.3, -0.25) is 4.79 Å². The number of thioether (sulfide) groups is 1. The zero-order valence-electron chi connectivity index (χ0n) is 9.06. The van der Waals surface area contributed by atoms with Crippen molar-refractivity contribution in [3.05, 3.63) is 29.8 Å². The molecule has 0 heterocycles. The second kappa shape index (κ2) is 5.81. The van der Waals surface area contributed by atoms with E-state index in [-0.39, 0.29) is 5.92 Å². The van der Waals surface area contributed by atoms with Crippen molar-refractivity contribution in [3.8, 4) is 0 Å². The van der Waals surface area contributed by atoms with Gasteiger partial charge in [0, 0.05) is 4.90 Å². The highest BCUT2D eigenvalue weighted by molar-refractivity contribution is 7.99. The molecule has 0 aliphatic heterocycles. The molecule has 0 saturated carbocycles. The van der Waals surface area contributed by atoms with Crippen molar-refractivity contribution in [1.82, 2.24) is 0 Å². The Hall–Kier alpha value is -0.960. The van der Waals surface area contributed by atoms with Crippen LogP contribution < -0.4 is 0 Å². The Morgan fingerprint density at radius 2 is 1.93 bits per heavy atom. The SMILES string of the molecule is CCSc1ccc(C(CC)C(=O)O)cc1. The Morgan fingerprint density at radius 3 is 2.33 bits per heavy atom. The van der Waals surface area contributed by atoms with Crippen LogP contribution in [-0.2, 0) is 4.79 Å². The van der Waals surface area contributed by atoms with Crippen LogP contribution in [0.2, 0.25) is 0 Å². The van der Waals surface area contributed by atoms with E-state index >= 15 is 0 Å². The summed E-state index contributed by atoms with van der Waals surface area (Å²) in [5.41, 5.74) is 0.894. The molecular weight excluding hydrogens is 208 g/mol. The van der Waals surface area contributed by atoms with Gasteiger partial charge in [-0.1, -0.05) is 26.0 Å². The highest BCUT2D eigenvalue weighted by atomic mass is 32.2. The van der Waals surface area contributed by atoms with Crippen molar-refractivity contribution < 1.29 is 9.90 Å². The summed E-state index contributed by atoms with van der Waals surface area (Å²) in [6.45, 7) is 4.00. The van der Waals surface area contributed by atoms with Gasteiger partial charge in [-0.05, 0) is 29.9 Å². The van der Waals surface area contributed by atoms with Crippen LogP contribution in [0.25, 0.3) is 0 Å². The van der Waals surface area contributed by atoms with Crippen molar-refractivity contribution in [1.29, 1.82) is 0 Å². The molecule has 15 heavy (non-hydrogen) atoms. The largest absolute Gasteiger partial charge is 0.481 e. The van der Waals surface area contributed by atoms with E-state index in [1.165, 1.54) is 4.90 Å². The Labute approximate surface area is 94.7 Å². The summed E-state index contributed by atoms with van der Waals surface area (Å²) in [6, 6.07) is 7.82. The number of benzene rings is 1. The highest BCUT2D eigenvalue weighted by Gasteiger charge is 2.16. The summed E-state index contributed by atoms with van der Waals surface area (Å²) >= 11 is 1.76. The predicted molar refractivity (Wildman–Crippen MR) is 63.5 cm³/mol. The molecule has 1 N–H and O–H groups in total. The molecule has 1 unspecified atom stereocenters. The second-order valence-electron chi connectivity index (χ2n) is 3.30. The molecule has 1 aromatic carbocycles. The molecule has 3 heteroatoms. The maximum Gasteiger partial charge on any atom is 0.310 e. The molecule has 0 amide bonds. The van der Waals surface area contributed by atoms with Crippen molar-refractivity contribution in [2.75, 3.05) is 5.75 Å². The van der Waals surface area contributed by atoms with E-state index in [2.05, 4.69) is 6.92 Å². The van der Waals surface area contributed by atoms with Crippen LogP contribution in [0.5, 0.6) is 0 Å². The fraction of sp³-hybridized carbons (Fsp3) is 0.417. The Morgan fingerprint density at radius 1 is 1.33 bits per heavy atom. The molecule has 0 aliphatic rings. The number of carboxylic acid groups (broad SMARTS) is 1. The molecule has 1 atom stereocenters. The van der Waals surface area contributed by atoms with Gasteiger partial charge in [-0.25, -0.2) is 0 Å². The van der Waals surface area contributed by atoms with Gasteiger partial charge in [-0.15, -0.1) is 11.8 Å². The van der Waals surface area contributed by atoms with Crippen molar-refractivity contribution in [3.63, 3.8) is 0 Å². The van der Waals surface area contributed by atoms with Crippen LogP contribution in [-0.4, -0.2) is 16.8 Å². The van der Waals surface area contributed by atoms with E-state index in [1.807, 2.05) is 31.2 Å². The standard InChI is InChI=1S/C12H16O2S/c1-3-11(12(13)14)9-5-7-10(8-6-9)15-4-2/h5-8,11H,3-4H2,1-2H3,(H,13,14). The minimum atomic E-state index is -0.742. The minimum Gasteiger partial charge on any atom is -0.481 e.